The third kappa shape index (κ3) is 3.57. The average Bonchev–Trinajstić information content (AvgIpc) is 2.91. The number of ether oxygens (including phenoxy) is 1. The zero-order chi connectivity index (χ0) is 17.5. The van der Waals surface area contributed by atoms with E-state index in [4.69, 9.17) is 27.9 Å². The maximum atomic E-state index is 12.0. The summed E-state index contributed by atoms with van der Waals surface area (Å²) in [5, 5.41) is 1.10. The minimum atomic E-state index is -3.13. The highest BCUT2D eigenvalue weighted by Crippen LogP contribution is 2.43. The van der Waals surface area contributed by atoms with E-state index in [0.29, 0.717) is 20.9 Å². The van der Waals surface area contributed by atoms with Crippen LogP contribution >= 0.6 is 35.0 Å². The minimum Gasteiger partial charge on any atom is -0.375 e. The Labute approximate surface area is 154 Å². The molecular formula is C14H14Cl2N2O4S2. The summed E-state index contributed by atoms with van der Waals surface area (Å²) in [5.41, 5.74) is 0.585. The number of amidine groups is 1. The zero-order valence-corrected chi connectivity index (χ0v) is 15.8. The van der Waals surface area contributed by atoms with Crippen molar-refractivity contribution in [2.24, 2.45) is 4.99 Å². The molecule has 6 nitrogen and oxygen atoms in total. The van der Waals surface area contributed by atoms with Gasteiger partial charge in [-0.2, -0.15) is 4.99 Å². The number of sulfone groups is 1. The monoisotopic (exact) mass is 408 g/mol. The zero-order valence-electron chi connectivity index (χ0n) is 12.6. The van der Waals surface area contributed by atoms with Gasteiger partial charge in [-0.15, -0.1) is 0 Å². The predicted molar refractivity (Wildman–Crippen MR) is 97.1 cm³/mol. The number of amides is 1. The molecule has 2 saturated heterocycles. The maximum absolute atomic E-state index is 12.0. The van der Waals surface area contributed by atoms with Gasteiger partial charge >= 0.3 is 0 Å². The Hall–Kier alpha value is -0.800. The van der Waals surface area contributed by atoms with Gasteiger partial charge < -0.3 is 9.64 Å². The Morgan fingerprint density at radius 3 is 2.83 bits per heavy atom. The number of benzene rings is 1. The lowest BCUT2D eigenvalue weighted by atomic mass is 10.2. The van der Waals surface area contributed by atoms with Gasteiger partial charge in [-0.1, -0.05) is 35.0 Å². The molecule has 0 spiro atoms. The van der Waals surface area contributed by atoms with Crippen molar-refractivity contribution >= 4 is 61.6 Å². The van der Waals surface area contributed by atoms with Crippen molar-refractivity contribution in [3.05, 3.63) is 28.2 Å². The molecular weight excluding hydrogens is 395 g/mol. The SMILES string of the molecule is COCC(=O)N=C1S[C@H]2CS(=O)(=O)C[C@@H]2N1c1ccc(Cl)cc1Cl. The first-order valence-corrected chi connectivity index (χ1v) is 10.5. The van der Waals surface area contributed by atoms with Crippen LogP contribution in [0.25, 0.3) is 0 Å². The summed E-state index contributed by atoms with van der Waals surface area (Å²) in [5.74, 6) is -0.374. The van der Waals surface area contributed by atoms with Crippen molar-refractivity contribution in [2.45, 2.75) is 11.3 Å². The van der Waals surface area contributed by atoms with Gasteiger partial charge in [0.05, 0.1) is 28.3 Å². The third-order valence-electron chi connectivity index (χ3n) is 3.72. The summed E-state index contributed by atoms with van der Waals surface area (Å²) in [6.07, 6.45) is 0. The standard InChI is InChI=1S/C14H14Cl2N2O4S2/c1-22-5-13(19)17-14-18(10-3-2-8(15)4-9(10)16)11-6-24(20,21)7-12(11)23-14/h2-4,11-12H,5-7H2,1H3/t11-,12-/m0/s1. The van der Waals surface area contributed by atoms with Crippen molar-refractivity contribution in [1.82, 2.24) is 0 Å². The van der Waals surface area contributed by atoms with Crippen molar-refractivity contribution < 1.29 is 17.9 Å². The second-order valence-electron chi connectivity index (χ2n) is 5.49. The lowest BCUT2D eigenvalue weighted by Gasteiger charge is -2.25. The Bertz CT molecular complexity index is 813. The molecule has 1 amide bonds. The molecule has 1 aromatic rings. The molecule has 0 bridgehead atoms. The van der Waals surface area contributed by atoms with Crippen LogP contribution in [-0.2, 0) is 19.4 Å². The van der Waals surface area contributed by atoms with E-state index in [9.17, 15) is 13.2 Å². The fourth-order valence-electron chi connectivity index (χ4n) is 2.79. The highest BCUT2D eigenvalue weighted by atomic mass is 35.5. The number of hydrogen-bond acceptors (Lipinski definition) is 5. The molecule has 2 aliphatic heterocycles. The van der Waals surface area contributed by atoms with Crippen LogP contribution < -0.4 is 4.90 Å². The summed E-state index contributed by atoms with van der Waals surface area (Å²) in [7, 11) is -1.71. The molecule has 1 aromatic carbocycles. The Morgan fingerprint density at radius 1 is 1.42 bits per heavy atom. The number of fused-ring (bicyclic) bond motifs is 1. The lowest BCUT2D eigenvalue weighted by molar-refractivity contribution is -0.121. The first-order valence-electron chi connectivity index (χ1n) is 7.02. The molecule has 0 radical (unpaired) electrons. The Balaban J connectivity index is 2.03. The van der Waals surface area contributed by atoms with E-state index in [0.717, 1.165) is 0 Å². The van der Waals surface area contributed by atoms with Gasteiger partial charge in [-0.25, -0.2) is 8.42 Å². The number of carbonyl (C=O) groups is 1. The molecule has 2 fully saturated rings. The Kier molecular flexibility index (Phi) is 5.13. The molecule has 24 heavy (non-hydrogen) atoms. The number of thioether (sulfide) groups is 1. The number of carbonyl (C=O) groups excluding carboxylic acids is 1. The minimum absolute atomic E-state index is 0.00110. The summed E-state index contributed by atoms with van der Waals surface area (Å²) < 4.78 is 28.7. The number of nitrogens with zero attached hydrogens (tertiary/aromatic N) is 2. The summed E-state index contributed by atoms with van der Waals surface area (Å²) in [6.45, 7) is -0.139. The average molecular weight is 409 g/mol. The molecule has 10 heteroatoms. The van der Waals surface area contributed by atoms with Gasteiger partial charge in [0, 0.05) is 17.4 Å². The van der Waals surface area contributed by atoms with Crippen molar-refractivity contribution in [2.75, 3.05) is 30.1 Å². The van der Waals surface area contributed by atoms with E-state index in [1.54, 1.807) is 23.1 Å². The predicted octanol–water partition coefficient (Wildman–Crippen LogP) is 2.24. The molecule has 0 unspecified atom stereocenters. The van der Waals surface area contributed by atoms with E-state index < -0.39 is 15.7 Å². The van der Waals surface area contributed by atoms with E-state index in [2.05, 4.69) is 4.99 Å². The number of hydrogen-bond donors (Lipinski definition) is 0. The first-order chi connectivity index (χ1) is 11.3. The van der Waals surface area contributed by atoms with Crippen LogP contribution in [0.1, 0.15) is 0 Å². The number of rotatable bonds is 3. The normalized spacial score (nSPS) is 26.8. The van der Waals surface area contributed by atoms with Gasteiger partial charge in [0.25, 0.3) is 5.91 Å². The molecule has 2 heterocycles. The summed E-state index contributed by atoms with van der Waals surface area (Å²) in [6, 6.07) is 4.63. The first kappa shape index (κ1) is 18.0. The van der Waals surface area contributed by atoms with Gasteiger partial charge in [-0.05, 0) is 18.2 Å². The van der Waals surface area contributed by atoms with Crippen molar-refractivity contribution in [3.8, 4) is 0 Å². The molecule has 3 rings (SSSR count). The van der Waals surface area contributed by atoms with E-state index in [-0.39, 0.29) is 29.4 Å². The second kappa shape index (κ2) is 6.84. The van der Waals surface area contributed by atoms with Crippen LogP contribution in [0.5, 0.6) is 0 Å². The van der Waals surface area contributed by atoms with Crippen LogP contribution in [0.3, 0.4) is 0 Å². The van der Waals surface area contributed by atoms with E-state index in [1.807, 2.05) is 0 Å². The fourth-order valence-corrected chi connectivity index (χ4v) is 7.21. The maximum Gasteiger partial charge on any atom is 0.274 e. The third-order valence-corrected chi connectivity index (χ3v) is 7.47. The molecule has 2 aliphatic rings. The number of methoxy groups -OCH3 is 1. The Morgan fingerprint density at radius 2 is 2.17 bits per heavy atom. The van der Waals surface area contributed by atoms with E-state index >= 15 is 0 Å². The van der Waals surface area contributed by atoms with Gasteiger partial charge in [-0.3, -0.25) is 4.79 Å². The quantitative estimate of drug-likeness (QED) is 0.762. The van der Waals surface area contributed by atoms with Gasteiger partial charge in [0.1, 0.15) is 6.61 Å². The smallest absolute Gasteiger partial charge is 0.274 e. The molecule has 0 aliphatic carbocycles. The highest BCUT2D eigenvalue weighted by Gasteiger charge is 2.49. The number of anilines is 1. The van der Waals surface area contributed by atoms with Crippen LogP contribution in [0.15, 0.2) is 23.2 Å². The van der Waals surface area contributed by atoms with Crippen molar-refractivity contribution in [3.63, 3.8) is 0 Å². The second-order valence-corrected chi connectivity index (χ2v) is 9.69. The number of halogens is 2. The molecule has 130 valence electrons. The highest BCUT2D eigenvalue weighted by molar-refractivity contribution is 8.16. The molecule has 0 N–H and O–H groups in total. The lowest BCUT2D eigenvalue weighted by Crippen LogP contribution is -2.38. The number of aliphatic imine (C=N–C) groups is 1. The molecule has 0 saturated carbocycles. The largest absolute Gasteiger partial charge is 0.375 e. The van der Waals surface area contributed by atoms with Crippen LogP contribution in [0.2, 0.25) is 10.0 Å². The molecule has 2 atom stereocenters. The molecule has 0 aromatic heterocycles. The summed E-state index contributed by atoms with van der Waals surface area (Å²) >= 11 is 13.5. The van der Waals surface area contributed by atoms with Crippen molar-refractivity contribution in [1.29, 1.82) is 0 Å². The fraction of sp³-hybridized carbons (Fsp3) is 0.429. The topological polar surface area (TPSA) is 76.0 Å². The van der Waals surface area contributed by atoms with Crippen LogP contribution in [-0.4, -0.2) is 56.0 Å². The van der Waals surface area contributed by atoms with Crippen LogP contribution in [0, 0.1) is 0 Å². The van der Waals surface area contributed by atoms with Gasteiger partial charge in [0.2, 0.25) is 0 Å². The van der Waals surface area contributed by atoms with Crippen LogP contribution in [0.4, 0.5) is 5.69 Å². The van der Waals surface area contributed by atoms with E-state index in [1.165, 1.54) is 18.9 Å². The summed E-state index contributed by atoms with van der Waals surface area (Å²) in [4.78, 5) is 17.6. The van der Waals surface area contributed by atoms with Gasteiger partial charge in [0.15, 0.2) is 15.0 Å².